The molecule has 5 nitrogen and oxygen atoms in total. The Kier molecular flexibility index (Phi) is 3.16. The van der Waals surface area contributed by atoms with Crippen molar-refractivity contribution in [3.05, 3.63) is 23.2 Å². The average Bonchev–Trinajstić information content (AvgIpc) is 2.71. The Morgan fingerprint density at radius 1 is 1.53 bits per heavy atom. The molecule has 1 atom stereocenters. The Balaban J connectivity index is 1.96. The summed E-state index contributed by atoms with van der Waals surface area (Å²) in [6, 6.07) is 5.89. The van der Waals surface area contributed by atoms with Crippen molar-refractivity contribution < 1.29 is 9.21 Å². The summed E-state index contributed by atoms with van der Waals surface area (Å²) >= 11 is 5.92. The van der Waals surface area contributed by atoms with Gasteiger partial charge in [0, 0.05) is 17.6 Å². The molecule has 19 heavy (non-hydrogen) atoms. The Hall–Kier alpha value is -1.59. The van der Waals surface area contributed by atoms with Crippen LogP contribution in [-0.4, -0.2) is 30.0 Å². The lowest BCUT2D eigenvalue weighted by molar-refractivity contribution is -0.117. The standard InChI is InChI=1S/C13H14ClN3O2/c1-8-4-5-17(12(18)7-15-8)13-16-10-6-9(14)2-3-11(10)19-13/h2-3,6,8,15H,4-5,7H2,1H3/t8-/m1/s1. The molecule has 1 aliphatic heterocycles. The predicted octanol–water partition coefficient (Wildman–Crippen LogP) is 2.20. The van der Waals surface area contributed by atoms with Crippen LogP contribution in [0.4, 0.5) is 6.01 Å². The van der Waals surface area contributed by atoms with E-state index in [-0.39, 0.29) is 5.91 Å². The molecule has 0 bridgehead atoms. The number of benzene rings is 1. The Morgan fingerprint density at radius 2 is 2.37 bits per heavy atom. The first-order valence-corrected chi connectivity index (χ1v) is 6.61. The van der Waals surface area contributed by atoms with E-state index in [1.54, 1.807) is 23.1 Å². The molecule has 6 heteroatoms. The summed E-state index contributed by atoms with van der Waals surface area (Å²) < 4.78 is 5.63. The Bertz CT molecular complexity index is 625. The number of amides is 1. The molecule has 100 valence electrons. The Labute approximate surface area is 115 Å². The van der Waals surface area contributed by atoms with Crippen LogP contribution in [0.2, 0.25) is 5.02 Å². The van der Waals surface area contributed by atoms with Crippen molar-refractivity contribution in [3.63, 3.8) is 0 Å². The second-order valence-electron chi connectivity index (χ2n) is 4.72. The highest BCUT2D eigenvalue weighted by molar-refractivity contribution is 6.31. The number of halogens is 1. The molecule has 1 fully saturated rings. The summed E-state index contributed by atoms with van der Waals surface area (Å²) in [7, 11) is 0. The van der Waals surface area contributed by atoms with Crippen molar-refractivity contribution in [2.75, 3.05) is 18.0 Å². The van der Waals surface area contributed by atoms with Gasteiger partial charge in [0.15, 0.2) is 5.58 Å². The lowest BCUT2D eigenvalue weighted by Crippen LogP contribution is -2.35. The van der Waals surface area contributed by atoms with Crippen molar-refractivity contribution >= 4 is 34.6 Å². The van der Waals surface area contributed by atoms with E-state index in [0.717, 1.165) is 6.42 Å². The van der Waals surface area contributed by atoms with Crippen molar-refractivity contribution in [2.45, 2.75) is 19.4 Å². The number of anilines is 1. The maximum atomic E-state index is 12.0. The van der Waals surface area contributed by atoms with Gasteiger partial charge in [0.25, 0.3) is 0 Å². The van der Waals surface area contributed by atoms with E-state index in [1.165, 1.54) is 0 Å². The Morgan fingerprint density at radius 3 is 3.21 bits per heavy atom. The summed E-state index contributed by atoms with van der Waals surface area (Å²) in [5.74, 6) is -0.0259. The lowest BCUT2D eigenvalue weighted by atomic mass is 10.2. The van der Waals surface area contributed by atoms with E-state index in [9.17, 15) is 4.79 Å². The normalized spacial score (nSPS) is 20.8. The summed E-state index contributed by atoms with van der Waals surface area (Å²) in [6.07, 6.45) is 0.866. The molecule has 0 spiro atoms. The van der Waals surface area contributed by atoms with E-state index in [2.05, 4.69) is 17.2 Å². The van der Waals surface area contributed by atoms with Gasteiger partial charge in [-0.15, -0.1) is 0 Å². The molecule has 1 N–H and O–H groups in total. The average molecular weight is 280 g/mol. The van der Waals surface area contributed by atoms with Gasteiger partial charge >= 0.3 is 6.01 Å². The van der Waals surface area contributed by atoms with Crippen LogP contribution >= 0.6 is 11.6 Å². The zero-order valence-electron chi connectivity index (χ0n) is 10.5. The molecular weight excluding hydrogens is 266 g/mol. The van der Waals surface area contributed by atoms with Gasteiger partial charge in [-0.3, -0.25) is 9.69 Å². The van der Waals surface area contributed by atoms with Crippen molar-refractivity contribution in [1.82, 2.24) is 10.3 Å². The van der Waals surface area contributed by atoms with Crippen molar-refractivity contribution in [2.24, 2.45) is 0 Å². The third-order valence-electron chi connectivity index (χ3n) is 3.26. The molecule has 1 amide bonds. The fourth-order valence-corrected chi connectivity index (χ4v) is 2.28. The van der Waals surface area contributed by atoms with Crippen LogP contribution in [0.25, 0.3) is 11.1 Å². The number of fused-ring (bicyclic) bond motifs is 1. The molecule has 1 aromatic heterocycles. The first-order valence-electron chi connectivity index (χ1n) is 6.23. The number of carbonyl (C=O) groups is 1. The van der Waals surface area contributed by atoms with Gasteiger partial charge in [0.2, 0.25) is 5.91 Å². The smallest absolute Gasteiger partial charge is 0.305 e. The second-order valence-corrected chi connectivity index (χ2v) is 5.16. The molecule has 3 rings (SSSR count). The van der Waals surface area contributed by atoms with Crippen LogP contribution < -0.4 is 10.2 Å². The zero-order chi connectivity index (χ0) is 13.4. The quantitative estimate of drug-likeness (QED) is 0.869. The highest BCUT2D eigenvalue weighted by atomic mass is 35.5. The molecule has 0 unspecified atom stereocenters. The molecule has 0 aliphatic carbocycles. The van der Waals surface area contributed by atoms with Crippen LogP contribution in [-0.2, 0) is 4.79 Å². The van der Waals surface area contributed by atoms with Crippen LogP contribution in [0.3, 0.4) is 0 Å². The fourth-order valence-electron chi connectivity index (χ4n) is 2.11. The molecule has 2 aromatic rings. The zero-order valence-corrected chi connectivity index (χ0v) is 11.3. The van der Waals surface area contributed by atoms with Gasteiger partial charge < -0.3 is 9.73 Å². The van der Waals surface area contributed by atoms with Gasteiger partial charge in [-0.1, -0.05) is 11.6 Å². The minimum absolute atomic E-state index is 0.0259. The number of hydrogen-bond acceptors (Lipinski definition) is 4. The van der Waals surface area contributed by atoms with Crippen LogP contribution in [0.1, 0.15) is 13.3 Å². The van der Waals surface area contributed by atoms with E-state index in [1.807, 2.05) is 0 Å². The molecule has 0 saturated carbocycles. The largest absolute Gasteiger partial charge is 0.423 e. The van der Waals surface area contributed by atoms with Crippen LogP contribution in [0, 0.1) is 0 Å². The second kappa shape index (κ2) is 4.83. The maximum Gasteiger partial charge on any atom is 0.305 e. The van der Waals surface area contributed by atoms with Gasteiger partial charge in [0.1, 0.15) is 5.52 Å². The number of nitrogens with zero attached hydrogens (tertiary/aromatic N) is 2. The highest BCUT2D eigenvalue weighted by Crippen LogP contribution is 2.25. The molecule has 0 radical (unpaired) electrons. The van der Waals surface area contributed by atoms with E-state index < -0.39 is 0 Å². The number of hydrogen-bond donors (Lipinski definition) is 1. The molecule has 1 saturated heterocycles. The third-order valence-corrected chi connectivity index (χ3v) is 3.49. The summed E-state index contributed by atoms with van der Waals surface area (Å²) in [4.78, 5) is 18.0. The molecular formula is C13H14ClN3O2. The fraction of sp³-hybridized carbons (Fsp3) is 0.385. The molecule has 1 aliphatic rings. The summed E-state index contributed by atoms with van der Waals surface area (Å²) in [5, 5.41) is 3.76. The molecule has 1 aromatic carbocycles. The summed E-state index contributed by atoms with van der Waals surface area (Å²) in [6.45, 7) is 2.97. The topological polar surface area (TPSA) is 58.4 Å². The highest BCUT2D eigenvalue weighted by Gasteiger charge is 2.24. The number of aromatic nitrogens is 1. The van der Waals surface area contributed by atoms with E-state index in [0.29, 0.717) is 41.3 Å². The first-order chi connectivity index (χ1) is 9.13. The third kappa shape index (κ3) is 2.43. The SMILES string of the molecule is C[C@@H]1CCN(c2nc3cc(Cl)ccc3o2)C(=O)CN1. The van der Waals surface area contributed by atoms with Gasteiger partial charge in [-0.2, -0.15) is 4.98 Å². The maximum absolute atomic E-state index is 12.0. The predicted molar refractivity (Wildman–Crippen MR) is 73.5 cm³/mol. The number of nitrogens with one attached hydrogen (secondary N) is 1. The van der Waals surface area contributed by atoms with Crippen LogP contribution in [0.15, 0.2) is 22.6 Å². The monoisotopic (exact) mass is 279 g/mol. The van der Waals surface area contributed by atoms with Crippen molar-refractivity contribution in [3.8, 4) is 0 Å². The van der Waals surface area contributed by atoms with Gasteiger partial charge in [-0.25, -0.2) is 0 Å². The van der Waals surface area contributed by atoms with E-state index >= 15 is 0 Å². The molecule has 2 heterocycles. The van der Waals surface area contributed by atoms with Gasteiger partial charge in [-0.05, 0) is 31.5 Å². The summed E-state index contributed by atoms with van der Waals surface area (Å²) in [5.41, 5.74) is 1.30. The number of oxazole rings is 1. The van der Waals surface area contributed by atoms with Crippen LogP contribution in [0.5, 0.6) is 0 Å². The lowest BCUT2D eigenvalue weighted by Gasteiger charge is -2.14. The minimum Gasteiger partial charge on any atom is -0.423 e. The number of carbonyl (C=O) groups excluding carboxylic acids is 1. The minimum atomic E-state index is -0.0259. The number of rotatable bonds is 1. The van der Waals surface area contributed by atoms with Crippen molar-refractivity contribution in [1.29, 1.82) is 0 Å². The van der Waals surface area contributed by atoms with Gasteiger partial charge in [0.05, 0.1) is 6.54 Å². The first kappa shape index (κ1) is 12.4. The van der Waals surface area contributed by atoms with E-state index in [4.69, 9.17) is 16.0 Å².